The van der Waals surface area contributed by atoms with Gasteiger partial charge < -0.3 is 5.73 Å². The van der Waals surface area contributed by atoms with Crippen molar-refractivity contribution in [3.05, 3.63) is 55.9 Å². The van der Waals surface area contributed by atoms with E-state index < -0.39 is 4.92 Å². The number of rotatable bonds is 3. The van der Waals surface area contributed by atoms with E-state index in [1.807, 2.05) is 0 Å². The number of nitro groups is 1. The van der Waals surface area contributed by atoms with Gasteiger partial charge in [0.15, 0.2) is 0 Å². The smallest absolute Gasteiger partial charge is 0.269 e. The summed E-state index contributed by atoms with van der Waals surface area (Å²) in [6.07, 6.45) is 0.818. The zero-order chi connectivity index (χ0) is 15.7. The van der Waals surface area contributed by atoms with Crippen molar-refractivity contribution >= 4 is 22.0 Å². The van der Waals surface area contributed by atoms with Crippen LogP contribution in [-0.2, 0) is 19.5 Å². The first-order valence-corrected chi connectivity index (χ1v) is 7.66. The third kappa shape index (κ3) is 2.66. The Kier molecular flexibility index (Phi) is 3.79. The van der Waals surface area contributed by atoms with Crippen LogP contribution in [0, 0.1) is 21.4 Å². The third-order valence-corrected chi connectivity index (χ3v) is 4.87. The molecule has 0 bridgehead atoms. The van der Waals surface area contributed by atoms with E-state index in [1.165, 1.54) is 23.5 Å². The largest absolute Gasteiger partial charge is 0.389 e. The van der Waals surface area contributed by atoms with Crippen LogP contribution in [0.3, 0.4) is 0 Å². The molecule has 0 unspecified atom stereocenters. The minimum absolute atomic E-state index is 0.106. The van der Waals surface area contributed by atoms with Crippen LogP contribution >= 0.6 is 11.3 Å². The Morgan fingerprint density at radius 2 is 2.14 bits per heavy atom. The second-order valence-corrected chi connectivity index (χ2v) is 6.38. The number of nitrogens with two attached hydrogens (primary N) is 1. The van der Waals surface area contributed by atoms with Gasteiger partial charge in [-0.05, 0) is 17.5 Å². The van der Waals surface area contributed by atoms with E-state index in [1.54, 1.807) is 12.1 Å². The summed E-state index contributed by atoms with van der Waals surface area (Å²) >= 11 is 1.49. The maximum atomic E-state index is 10.7. The summed E-state index contributed by atoms with van der Waals surface area (Å²) in [5, 5.41) is 20.4. The number of non-ortho nitro benzene ring substituents is 1. The number of fused-ring (bicyclic) bond motifs is 1. The van der Waals surface area contributed by atoms with Gasteiger partial charge in [-0.3, -0.25) is 15.0 Å². The molecule has 2 aromatic rings. The number of hydrogen-bond acceptors (Lipinski definition) is 6. The van der Waals surface area contributed by atoms with Gasteiger partial charge in [-0.1, -0.05) is 12.1 Å². The summed E-state index contributed by atoms with van der Waals surface area (Å²) in [6, 6.07) is 8.82. The molecular formula is C15H14N4O2S. The molecule has 7 heteroatoms. The van der Waals surface area contributed by atoms with Crippen molar-refractivity contribution in [2.45, 2.75) is 19.5 Å². The van der Waals surface area contributed by atoms with Gasteiger partial charge in [-0.15, -0.1) is 11.3 Å². The minimum atomic E-state index is -0.394. The highest BCUT2D eigenvalue weighted by Gasteiger charge is 2.23. The van der Waals surface area contributed by atoms with E-state index in [9.17, 15) is 10.1 Å². The van der Waals surface area contributed by atoms with Gasteiger partial charge in [0.2, 0.25) is 0 Å². The maximum Gasteiger partial charge on any atom is 0.269 e. The van der Waals surface area contributed by atoms with Crippen LogP contribution in [0.4, 0.5) is 10.7 Å². The first-order chi connectivity index (χ1) is 10.6. The molecule has 0 spiro atoms. The lowest BCUT2D eigenvalue weighted by Gasteiger charge is -2.26. The molecule has 0 fully saturated rings. The van der Waals surface area contributed by atoms with E-state index >= 15 is 0 Å². The quantitative estimate of drug-likeness (QED) is 0.694. The molecule has 1 aromatic carbocycles. The summed E-state index contributed by atoms with van der Waals surface area (Å²) in [4.78, 5) is 13.7. The van der Waals surface area contributed by atoms with Crippen LogP contribution in [0.5, 0.6) is 0 Å². The Hall–Kier alpha value is -2.43. The van der Waals surface area contributed by atoms with E-state index in [2.05, 4.69) is 11.0 Å². The lowest BCUT2D eigenvalue weighted by molar-refractivity contribution is -0.384. The van der Waals surface area contributed by atoms with Gasteiger partial charge in [-0.25, -0.2) is 0 Å². The Morgan fingerprint density at radius 3 is 2.77 bits per heavy atom. The number of nitrogens with zero attached hydrogens (tertiary/aromatic N) is 3. The highest BCUT2D eigenvalue weighted by molar-refractivity contribution is 7.16. The molecule has 0 aliphatic carbocycles. The molecule has 0 radical (unpaired) electrons. The van der Waals surface area contributed by atoms with Crippen LogP contribution in [0.15, 0.2) is 24.3 Å². The first-order valence-electron chi connectivity index (χ1n) is 6.84. The fraction of sp³-hybridized carbons (Fsp3) is 0.267. The maximum absolute atomic E-state index is 10.7. The average Bonchev–Trinajstić information content (AvgIpc) is 2.82. The highest BCUT2D eigenvalue weighted by atomic mass is 32.1. The van der Waals surface area contributed by atoms with E-state index in [-0.39, 0.29) is 5.69 Å². The Bertz CT molecular complexity index is 761. The second-order valence-electron chi connectivity index (χ2n) is 5.24. The lowest BCUT2D eigenvalue weighted by Crippen LogP contribution is -2.29. The van der Waals surface area contributed by atoms with Gasteiger partial charge in [0.05, 0.1) is 10.5 Å². The zero-order valence-corrected chi connectivity index (χ0v) is 12.6. The number of nitrogen functional groups attached to an aromatic ring is 1. The van der Waals surface area contributed by atoms with Gasteiger partial charge in [0, 0.05) is 36.6 Å². The lowest BCUT2D eigenvalue weighted by atomic mass is 10.0. The molecule has 6 nitrogen and oxygen atoms in total. The number of anilines is 1. The highest BCUT2D eigenvalue weighted by Crippen LogP contribution is 2.34. The normalized spacial score (nSPS) is 14.3. The third-order valence-electron chi connectivity index (χ3n) is 3.83. The standard InChI is InChI=1S/C15H14N4O2S/c16-7-13-12-5-6-18(9-14(12)22-15(13)17)8-10-1-3-11(4-2-10)19(20)21/h1-4H,5-6,8-9,17H2. The fourth-order valence-electron chi connectivity index (χ4n) is 2.72. The van der Waals surface area contributed by atoms with Crippen molar-refractivity contribution in [1.29, 1.82) is 5.26 Å². The van der Waals surface area contributed by atoms with Crippen LogP contribution < -0.4 is 5.73 Å². The number of nitriles is 1. The van der Waals surface area contributed by atoms with Crippen LogP contribution in [0.2, 0.25) is 0 Å². The van der Waals surface area contributed by atoms with Crippen molar-refractivity contribution in [3.63, 3.8) is 0 Å². The summed E-state index contributed by atoms with van der Waals surface area (Å²) in [5.41, 5.74) is 8.76. The molecule has 22 heavy (non-hydrogen) atoms. The van der Waals surface area contributed by atoms with Gasteiger partial charge in [0.1, 0.15) is 11.1 Å². The van der Waals surface area contributed by atoms with E-state index in [4.69, 9.17) is 11.0 Å². The Labute approximate surface area is 131 Å². The zero-order valence-electron chi connectivity index (χ0n) is 11.8. The number of nitro benzene ring substituents is 1. The molecule has 2 heterocycles. The van der Waals surface area contributed by atoms with E-state index in [0.29, 0.717) is 10.6 Å². The number of thiophene rings is 1. The molecule has 1 aliphatic heterocycles. The van der Waals surface area contributed by atoms with Gasteiger partial charge in [0.25, 0.3) is 5.69 Å². The molecule has 0 atom stereocenters. The van der Waals surface area contributed by atoms with Crippen molar-refractivity contribution in [1.82, 2.24) is 4.90 Å². The van der Waals surface area contributed by atoms with Crippen molar-refractivity contribution in [2.75, 3.05) is 12.3 Å². The summed E-state index contributed by atoms with van der Waals surface area (Å²) in [7, 11) is 0. The molecule has 1 aliphatic rings. The number of hydrogen-bond donors (Lipinski definition) is 1. The van der Waals surface area contributed by atoms with Crippen molar-refractivity contribution in [2.24, 2.45) is 0 Å². The summed E-state index contributed by atoms with van der Waals surface area (Å²) < 4.78 is 0. The Balaban J connectivity index is 1.73. The topological polar surface area (TPSA) is 96.2 Å². The second kappa shape index (κ2) is 5.75. The monoisotopic (exact) mass is 314 g/mol. The predicted octanol–water partition coefficient (Wildman–Crippen LogP) is 2.67. The number of benzene rings is 1. The van der Waals surface area contributed by atoms with Crippen molar-refractivity contribution < 1.29 is 4.92 Å². The first kappa shape index (κ1) is 14.5. The van der Waals surface area contributed by atoms with Crippen LogP contribution in [0.1, 0.15) is 21.6 Å². The van der Waals surface area contributed by atoms with Gasteiger partial charge in [-0.2, -0.15) is 5.26 Å². The SMILES string of the molecule is N#Cc1c(N)sc2c1CCN(Cc1ccc([N+](=O)[O-])cc1)C2. The molecule has 3 rings (SSSR count). The minimum Gasteiger partial charge on any atom is -0.389 e. The molecule has 0 amide bonds. The van der Waals surface area contributed by atoms with E-state index in [0.717, 1.165) is 42.1 Å². The summed E-state index contributed by atoms with van der Waals surface area (Å²) in [5.74, 6) is 0. The fourth-order valence-corrected chi connectivity index (χ4v) is 3.83. The predicted molar refractivity (Wildman–Crippen MR) is 84.4 cm³/mol. The molecule has 2 N–H and O–H groups in total. The molecule has 0 saturated heterocycles. The van der Waals surface area contributed by atoms with Gasteiger partial charge >= 0.3 is 0 Å². The molecule has 112 valence electrons. The van der Waals surface area contributed by atoms with Crippen LogP contribution in [0.25, 0.3) is 0 Å². The Morgan fingerprint density at radius 1 is 1.41 bits per heavy atom. The average molecular weight is 314 g/mol. The molecular weight excluding hydrogens is 300 g/mol. The molecule has 1 aromatic heterocycles. The molecule has 0 saturated carbocycles. The van der Waals surface area contributed by atoms with Crippen molar-refractivity contribution in [3.8, 4) is 6.07 Å². The van der Waals surface area contributed by atoms with Crippen LogP contribution in [-0.4, -0.2) is 16.4 Å². The summed E-state index contributed by atoms with van der Waals surface area (Å²) in [6.45, 7) is 2.36.